The van der Waals surface area contributed by atoms with Gasteiger partial charge in [0.15, 0.2) is 0 Å². The number of anilines is 1. The van der Waals surface area contributed by atoms with Gasteiger partial charge in [-0.05, 0) is 53.9 Å². The molecule has 0 saturated carbocycles. The van der Waals surface area contributed by atoms with Crippen molar-refractivity contribution in [2.75, 3.05) is 11.5 Å². The zero-order chi connectivity index (χ0) is 25.6. The maximum Gasteiger partial charge on any atom is 0.421 e. The maximum atomic E-state index is 14.6. The number of piperidine rings is 1. The third-order valence-corrected chi connectivity index (χ3v) is 7.64. The van der Waals surface area contributed by atoms with Gasteiger partial charge < -0.3 is 10.1 Å². The number of hydrogen-bond donors (Lipinski definition) is 1. The van der Waals surface area contributed by atoms with Gasteiger partial charge in [0.25, 0.3) is 0 Å². The van der Waals surface area contributed by atoms with Crippen molar-refractivity contribution in [1.29, 1.82) is 0 Å². The highest BCUT2D eigenvalue weighted by Crippen LogP contribution is 2.60. The molecule has 3 unspecified atom stereocenters. The van der Waals surface area contributed by atoms with Crippen molar-refractivity contribution < 1.29 is 19.1 Å². The molecular weight excluding hydrogens is 523 g/mol. The molecule has 2 heterocycles. The van der Waals surface area contributed by atoms with E-state index in [1.165, 1.54) is 0 Å². The molecule has 1 fully saturated rings. The second kappa shape index (κ2) is 9.43. The second-order valence-corrected chi connectivity index (χ2v) is 9.98. The number of amides is 3. The number of carbonyl (C=O) groups is 3. The first-order chi connectivity index (χ1) is 17.3. The summed E-state index contributed by atoms with van der Waals surface area (Å²) in [6, 6.07) is 18.2. The zero-order valence-electron chi connectivity index (χ0n) is 19.1. The number of nitrogens with zero attached hydrogens (tertiary/aromatic N) is 1. The van der Waals surface area contributed by atoms with Gasteiger partial charge in [-0.2, -0.15) is 0 Å². The SMILES string of the molecule is CCOC(=O)N1C(=O)C2(c3ccc(Cl)cc31)C(c1cccc(Cl)c1)CC(=O)NC2c1ccccc1Cl. The van der Waals surface area contributed by atoms with Crippen LogP contribution in [0.1, 0.15) is 42.0 Å². The van der Waals surface area contributed by atoms with Gasteiger partial charge in [0.05, 0.1) is 18.3 Å². The Labute approximate surface area is 223 Å². The molecule has 36 heavy (non-hydrogen) atoms. The van der Waals surface area contributed by atoms with Crippen LogP contribution in [0.5, 0.6) is 0 Å². The highest BCUT2D eigenvalue weighted by Gasteiger charge is 2.65. The number of ether oxygens (including phenoxy) is 1. The molecule has 3 atom stereocenters. The van der Waals surface area contributed by atoms with Gasteiger partial charge in [0, 0.05) is 27.4 Å². The predicted octanol–water partition coefficient (Wildman–Crippen LogP) is 6.43. The smallest absolute Gasteiger partial charge is 0.421 e. The number of benzene rings is 3. The summed E-state index contributed by atoms with van der Waals surface area (Å²) in [5.41, 5.74) is 0.663. The van der Waals surface area contributed by atoms with Gasteiger partial charge >= 0.3 is 6.09 Å². The average molecular weight is 544 g/mol. The fraction of sp³-hybridized carbons (Fsp3) is 0.222. The van der Waals surface area contributed by atoms with Crippen LogP contribution in [0.15, 0.2) is 66.7 Å². The van der Waals surface area contributed by atoms with Crippen molar-refractivity contribution in [3.8, 4) is 0 Å². The summed E-state index contributed by atoms with van der Waals surface area (Å²) in [5.74, 6) is -1.46. The van der Waals surface area contributed by atoms with E-state index in [1.807, 2.05) is 6.07 Å². The monoisotopic (exact) mass is 542 g/mol. The Morgan fingerprint density at radius 3 is 2.50 bits per heavy atom. The molecule has 2 aliphatic heterocycles. The molecule has 3 amide bonds. The first-order valence-corrected chi connectivity index (χ1v) is 12.5. The van der Waals surface area contributed by atoms with Crippen molar-refractivity contribution in [3.63, 3.8) is 0 Å². The van der Waals surface area contributed by atoms with E-state index in [1.54, 1.807) is 67.6 Å². The van der Waals surface area contributed by atoms with E-state index in [0.29, 0.717) is 37.4 Å². The number of carbonyl (C=O) groups excluding carboxylic acids is 3. The maximum absolute atomic E-state index is 14.6. The van der Waals surface area contributed by atoms with E-state index in [-0.39, 0.29) is 18.9 Å². The molecule has 0 aromatic heterocycles. The molecule has 184 valence electrons. The van der Waals surface area contributed by atoms with Gasteiger partial charge in [-0.25, -0.2) is 9.69 Å². The second-order valence-electron chi connectivity index (χ2n) is 8.70. The van der Waals surface area contributed by atoms with Crippen LogP contribution in [-0.2, 0) is 19.7 Å². The van der Waals surface area contributed by atoms with Crippen LogP contribution in [0.3, 0.4) is 0 Å². The van der Waals surface area contributed by atoms with Crippen LogP contribution >= 0.6 is 34.8 Å². The third kappa shape index (κ3) is 3.76. The van der Waals surface area contributed by atoms with Crippen LogP contribution in [0.25, 0.3) is 0 Å². The fourth-order valence-corrected chi connectivity index (χ4v) is 6.06. The average Bonchev–Trinajstić information content (AvgIpc) is 3.09. The highest BCUT2D eigenvalue weighted by molar-refractivity contribution is 6.33. The molecule has 2 aliphatic rings. The minimum atomic E-state index is -1.43. The van der Waals surface area contributed by atoms with E-state index in [9.17, 15) is 14.4 Å². The van der Waals surface area contributed by atoms with Gasteiger partial charge in [0.2, 0.25) is 11.8 Å². The Kier molecular flexibility index (Phi) is 6.45. The van der Waals surface area contributed by atoms with Crippen molar-refractivity contribution in [3.05, 3.63) is 98.5 Å². The number of nitrogens with one attached hydrogen (secondary N) is 1. The van der Waals surface area contributed by atoms with Gasteiger partial charge in [-0.3, -0.25) is 9.59 Å². The third-order valence-electron chi connectivity index (χ3n) is 6.82. The number of halogens is 3. The number of rotatable bonds is 3. The molecule has 1 spiro atoms. The van der Waals surface area contributed by atoms with Crippen LogP contribution < -0.4 is 10.2 Å². The fourth-order valence-electron chi connectivity index (χ4n) is 5.45. The summed E-state index contributed by atoms with van der Waals surface area (Å²) in [6.45, 7) is 1.74. The normalized spacial score (nSPS) is 22.9. The van der Waals surface area contributed by atoms with E-state index in [2.05, 4.69) is 5.32 Å². The van der Waals surface area contributed by atoms with E-state index >= 15 is 0 Å². The van der Waals surface area contributed by atoms with Gasteiger partial charge in [0.1, 0.15) is 5.41 Å². The predicted molar refractivity (Wildman–Crippen MR) is 139 cm³/mol. The van der Waals surface area contributed by atoms with E-state index in [0.717, 1.165) is 4.90 Å². The molecule has 1 saturated heterocycles. The zero-order valence-corrected chi connectivity index (χ0v) is 21.4. The summed E-state index contributed by atoms with van der Waals surface area (Å²) in [6.07, 6.45) is -0.825. The molecule has 9 heteroatoms. The Morgan fingerprint density at radius 1 is 1.03 bits per heavy atom. The lowest BCUT2D eigenvalue weighted by molar-refractivity contribution is -0.132. The molecule has 6 nitrogen and oxygen atoms in total. The van der Waals surface area contributed by atoms with Crippen molar-refractivity contribution in [2.24, 2.45) is 0 Å². The molecule has 0 radical (unpaired) electrons. The lowest BCUT2D eigenvalue weighted by atomic mass is 9.59. The number of imide groups is 1. The van der Waals surface area contributed by atoms with Crippen LogP contribution in [0.4, 0.5) is 10.5 Å². The lowest BCUT2D eigenvalue weighted by Crippen LogP contribution is -2.58. The van der Waals surface area contributed by atoms with Gasteiger partial charge in [-0.1, -0.05) is 71.2 Å². The first-order valence-electron chi connectivity index (χ1n) is 11.4. The van der Waals surface area contributed by atoms with Gasteiger partial charge in [-0.15, -0.1) is 0 Å². The lowest BCUT2D eigenvalue weighted by Gasteiger charge is -2.46. The molecule has 0 bridgehead atoms. The summed E-state index contributed by atoms with van der Waals surface area (Å²) in [5, 5.41) is 4.20. The number of hydrogen-bond acceptors (Lipinski definition) is 4. The Bertz CT molecular complexity index is 1390. The molecule has 0 aliphatic carbocycles. The topological polar surface area (TPSA) is 75.7 Å². The van der Waals surface area contributed by atoms with Crippen molar-refractivity contribution >= 4 is 58.4 Å². The Morgan fingerprint density at radius 2 is 1.78 bits per heavy atom. The number of fused-ring (bicyclic) bond motifs is 2. The Balaban J connectivity index is 1.86. The minimum absolute atomic E-state index is 0.00817. The largest absolute Gasteiger partial charge is 0.449 e. The summed E-state index contributed by atoms with van der Waals surface area (Å²) in [7, 11) is 0. The molecule has 3 aromatic carbocycles. The highest BCUT2D eigenvalue weighted by atomic mass is 35.5. The first kappa shape index (κ1) is 24.6. The summed E-state index contributed by atoms with van der Waals surface area (Å²) >= 11 is 19.3. The molecule has 5 rings (SSSR count). The molecular formula is C27H21Cl3N2O4. The van der Waals surface area contributed by atoms with Crippen molar-refractivity contribution in [2.45, 2.75) is 30.7 Å². The molecule has 1 N–H and O–H groups in total. The van der Waals surface area contributed by atoms with Crippen molar-refractivity contribution in [1.82, 2.24) is 5.32 Å². The van der Waals surface area contributed by atoms with Crippen LogP contribution in [0, 0.1) is 0 Å². The Hall–Kier alpha value is -3.06. The van der Waals surface area contributed by atoms with Crippen LogP contribution in [-0.4, -0.2) is 24.5 Å². The van der Waals surface area contributed by atoms with Crippen LogP contribution in [0.2, 0.25) is 15.1 Å². The van der Waals surface area contributed by atoms with E-state index < -0.39 is 29.4 Å². The van der Waals surface area contributed by atoms with E-state index in [4.69, 9.17) is 39.5 Å². The quantitative estimate of drug-likeness (QED) is 0.413. The summed E-state index contributed by atoms with van der Waals surface area (Å²) < 4.78 is 5.26. The molecule has 3 aromatic rings. The minimum Gasteiger partial charge on any atom is -0.449 e. The standard InChI is InChI=1S/C27H21Cl3N2O4/c1-2-36-26(35)32-22-13-17(29)10-11-19(22)27(25(32)34)20(15-6-5-7-16(28)12-15)14-23(33)31-24(27)18-8-3-4-9-21(18)30/h3-13,20,24H,2,14H2,1H3,(H,31,33). The summed E-state index contributed by atoms with van der Waals surface area (Å²) in [4.78, 5) is 41.9.